The van der Waals surface area contributed by atoms with Crippen LogP contribution >= 0.6 is 23.2 Å². The molecule has 2 aromatic carbocycles. The number of sulfonamides is 1. The maximum Gasteiger partial charge on any atom is 0.291 e. The molecule has 2 aromatic heterocycles. The fraction of sp³-hybridized carbons (Fsp3) is 0. The Morgan fingerprint density at radius 3 is 2.37 bits per heavy atom. The lowest BCUT2D eigenvalue weighted by atomic mass is 10.3. The van der Waals surface area contributed by atoms with Gasteiger partial charge < -0.3 is 0 Å². The van der Waals surface area contributed by atoms with Gasteiger partial charge in [0.15, 0.2) is 0 Å². The molecular weight excluding hydrogens is 449 g/mol. The van der Waals surface area contributed by atoms with Gasteiger partial charge in [-0.2, -0.15) is 14.9 Å². The highest BCUT2D eigenvalue weighted by Gasteiger charge is 2.17. The minimum Gasteiger partial charge on any atom is -0.277 e. The summed E-state index contributed by atoms with van der Waals surface area (Å²) in [6, 6.07) is 14.3. The summed E-state index contributed by atoms with van der Waals surface area (Å²) >= 11 is 11.6. The molecule has 0 atom stereocenters. The number of para-hydroxylation sites is 2. The first-order valence-corrected chi connectivity index (χ1v) is 10.8. The molecule has 0 fully saturated rings. The minimum absolute atomic E-state index is 0.00891. The van der Waals surface area contributed by atoms with Crippen LogP contribution < -0.4 is 10.3 Å². The zero-order chi connectivity index (χ0) is 21.3. The second-order valence-electron chi connectivity index (χ2n) is 6.09. The van der Waals surface area contributed by atoms with Crippen LogP contribution in [0.15, 0.2) is 82.9 Å². The summed E-state index contributed by atoms with van der Waals surface area (Å²) in [6.45, 7) is 0. The summed E-state index contributed by atoms with van der Waals surface area (Å²) in [5, 5.41) is 7.93. The van der Waals surface area contributed by atoms with E-state index in [1.165, 1.54) is 30.5 Å². The molecule has 2 heterocycles. The standard InChI is InChI=1S/C19H13Cl2N5O3S/c20-15-12-23-26(19(27)18(15)21)13-6-8-14(9-7-13)30(28,29)24-16-4-1-2-5-17(16)25-11-3-10-22-25/h1-12,24H. The molecule has 0 saturated carbocycles. The Bertz CT molecular complexity index is 1370. The third-order valence-electron chi connectivity index (χ3n) is 4.17. The van der Waals surface area contributed by atoms with Gasteiger partial charge in [0.2, 0.25) is 0 Å². The lowest BCUT2D eigenvalue weighted by Crippen LogP contribution is -2.21. The van der Waals surface area contributed by atoms with Crippen LogP contribution in [0, 0.1) is 0 Å². The predicted molar refractivity (Wildman–Crippen MR) is 114 cm³/mol. The molecule has 0 aliphatic heterocycles. The third kappa shape index (κ3) is 3.82. The van der Waals surface area contributed by atoms with E-state index < -0.39 is 15.6 Å². The second kappa shape index (κ2) is 7.94. The van der Waals surface area contributed by atoms with E-state index >= 15 is 0 Å². The summed E-state index contributed by atoms with van der Waals surface area (Å²) in [5.41, 5.74) is 0.683. The van der Waals surface area contributed by atoms with Gasteiger partial charge in [0.25, 0.3) is 15.6 Å². The number of nitrogens with zero attached hydrogens (tertiary/aromatic N) is 4. The zero-order valence-electron chi connectivity index (χ0n) is 15.1. The Balaban J connectivity index is 1.66. The molecule has 0 bridgehead atoms. The maximum atomic E-state index is 12.9. The van der Waals surface area contributed by atoms with Crippen molar-refractivity contribution in [3.05, 3.63) is 93.6 Å². The first kappa shape index (κ1) is 20.1. The van der Waals surface area contributed by atoms with Crippen molar-refractivity contribution in [2.45, 2.75) is 4.90 Å². The number of anilines is 1. The van der Waals surface area contributed by atoms with Crippen LogP contribution in [-0.4, -0.2) is 28.0 Å². The summed E-state index contributed by atoms with van der Waals surface area (Å²) in [4.78, 5) is 12.2. The number of rotatable bonds is 5. The van der Waals surface area contributed by atoms with Gasteiger partial charge in [-0.25, -0.2) is 13.1 Å². The van der Waals surface area contributed by atoms with Crippen LogP contribution in [0.25, 0.3) is 11.4 Å². The molecule has 30 heavy (non-hydrogen) atoms. The highest BCUT2D eigenvalue weighted by atomic mass is 35.5. The normalized spacial score (nSPS) is 11.4. The first-order chi connectivity index (χ1) is 14.4. The van der Waals surface area contributed by atoms with Crippen molar-refractivity contribution >= 4 is 38.9 Å². The van der Waals surface area contributed by atoms with Crippen molar-refractivity contribution in [3.63, 3.8) is 0 Å². The van der Waals surface area contributed by atoms with Gasteiger partial charge in [-0.15, -0.1) is 0 Å². The first-order valence-electron chi connectivity index (χ1n) is 8.52. The predicted octanol–water partition coefficient (Wildman–Crippen LogP) is 3.53. The monoisotopic (exact) mass is 461 g/mol. The number of halogens is 2. The lowest BCUT2D eigenvalue weighted by Gasteiger charge is -2.13. The summed E-state index contributed by atoms with van der Waals surface area (Å²) in [6.07, 6.45) is 4.55. The van der Waals surface area contributed by atoms with E-state index in [0.717, 1.165) is 4.68 Å². The summed E-state index contributed by atoms with van der Waals surface area (Å²) in [5.74, 6) is 0. The van der Waals surface area contributed by atoms with Crippen molar-refractivity contribution < 1.29 is 8.42 Å². The molecule has 0 aliphatic carbocycles. The fourth-order valence-electron chi connectivity index (χ4n) is 2.74. The number of benzene rings is 2. The molecule has 11 heteroatoms. The molecular formula is C19H13Cl2N5O3S. The van der Waals surface area contributed by atoms with Crippen molar-refractivity contribution in [2.75, 3.05) is 4.72 Å². The van der Waals surface area contributed by atoms with E-state index in [1.807, 2.05) is 0 Å². The van der Waals surface area contributed by atoms with Crippen LogP contribution in [-0.2, 0) is 10.0 Å². The van der Waals surface area contributed by atoms with Gasteiger partial charge in [-0.3, -0.25) is 9.52 Å². The average Bonchev–Trinajstić information content (AvgIpc) is 3.27. The van der Waals surface area contributed by atoms with Crippen molar-refractivity contribution in [3.8, 4) is 11.4 Å². The van der Waals surface area contributed by atoms with Crippen LogP contribution in [0.3, 0.4) is 0 Å². The molecule has 0 amide bonds. The summed E-state index contributed by atoms with van der Waals surface area (Å²) < 4.78 is 30.9. The van der Waals surface area contributed by atoms with Gasteiger partial charge in [-0.05, 0) is 42.5 Å². The van der Waals surface area contributed by atoms with E-state index in [4.69, 9.17) is 23.2 Å². The van der Waals surface area contributed by atoms with Crippen LogP contribution in [0.2, 0.25) is 10.0 Å². The molecule has 1 N–H and O–H groups in total. The number of aromatic nitrogens is 4. The quantitative estimate of drug-likeness (QED) is 0.489. The third-order valence-corrected chi connectivity index (χ3v) is 6.30. The zero-order valence-corrected chi connectivity index (χ0v) is 17.4. The largest absolute Gasteiger partial charge is 0.291 e. The number of hydrogen-bond acceptors (Lipinski definition) is 5. The van der Waals surface area contributed by atoms with E-state index in [2.05, 4.69) is 14.9 Å². The van der Waals surface area contributed by atoms with Crippen LogP contribution in [0.1, 0.15) is 0 Å². The number of hydrogen-bond donors (Lipinski definition) is 1. The molecule has 8 nitrogen and oxygen atoms in total. The lowest BCUT2D eigenvalue weighted by molar-refractivity contribution is 0.601. The Labute approximate surface area is 181 Å². The Hall–Kier alpha value is -3.14. The van der Waals surface area contributed by atoms with E-state index in [0.29, 0.717) is 17.1 Å². The van der Waals surface area contributed by atoms with Gasteiger partial charge in [-0.1, -0.05) is 35.3 Å². The van der Waals surface area contributed by atoms with Gasteiger partial charge >= 0.3 is 0 Å². The molecule has 0 spiro atoms. The SMILES string of the molecule is O=c1c(Cl)c(Cl)cnn1-c1ccc(S(=O)(=O)Nc2ccccc2-n2cccn2)cc1. The molecule has 4 aromatic rings. The van der Waals surface area contributed by atoms with Crippen molar-refractivity contribution in [1.82, 2.24) is 19.6 Å². The molecule has 152 valence electrons. The van der Waals surface area contributed by atoms with Crippen molar-refractivity contribution in [1.29, 1.82) is 0 Å². The van der Waals surface area contributed by atoms with E-state index in [1.54, 1.807) is 47.4 Å². The maximum absolute atomic E-state index is 12.9. The second-order valence-corrected chi connectivity index (χ2v) is 8.56. The average molecular weight is 462 g/mol. The Kier molecular flexibility index (Phi) is 5.33. The smallest absolute Gasteiger partial charge is 0.277 e. The summed E-state index contributed by atoms with van der Waals surface area (Å²) in [7, 11) is -3.90. The van der Waals surface area contributed by atoms with Crippen LogP contribution in [0.4, 0.5) is 5.69 Å². The fourth-order valence-corrected chi connectivity index (χ4v) is 4.07. The highest BCUT2D eigenvalue weighted by molar-refractivity contribution is 7.92. The van der Waals surface area contributed by atoms with E-state index in [9.17, 15) is 13.2 Å². The van der Waals surface area contributed by atoms with Gasteiger partial charge in [0.05, 0.1) is 33.2 Å². The topological polar surface area (TPSA) is 98.9 Å². The molecule has 0 aliphatic rings. The molecule has 0 radical (unpaired) electrons. The van der Waals surface area contributed by atoms with Gasteiger partial charge in [0.1, 0.15) is 5.02 Å². The van der Waals surface area contributed by atoms with Gasteiger partial charge in [0, 0.05) is 12.4 Å². The highest BCUT2D eigenvalue weighted by Crippen LogP contribution is 2.23. The molecule has 4 rings (SSSR count). The van der Waals surface area contributed by atoms with Crippen molar-refractivity contribution in [2.24, 2.45) is 0 Å². The minimum atomic E-state index is -3.90. The molecule has 0 saturated heterocycles. The molecule has 0 unspecified atom stereocenters. The number of nitrogens with one attached hydrogen (secondary N) is 1. The van der Waals surface area contributed by atoms with E-state index in [-0.39, 0.29) is 14.9 Å². The Morgan fingerprint density at radius 1 is 0.933 bits per heavy atom. The Morgan fingerprint density at radius 2 is 1.67 bits per heavy atom. The van der Waals surface area contributed by atoms with Crippen LogP contribution in [0.5, 0.6) is 0 Å².